The number of benzene rings is 2. The zero-order chi connectivity index (χ0) is 31.3. The van der Waals surface area contributed by atoms with Crippen molar-refractivity contribution >= 4 is 45.0 Å². The molecular formula is C31H38N6O6. The smallest absolute Gasteiger partial charge is 0.274 e. The molecule has 12 heteroatoms. The molecule has 43 heavy (non-hydrogen) atoms. The first-order chi connectivity index (χ1) is 20.5. The maximum atomic E-state index is 12.6. The molecule has 0 bridgehead atoms. The number of hydrogen-bond acceptors (Lipinski definition) is 8. The van der Waals surface area contributed by atoms with E-state index in [9.17, 15) is 19.8 Å². The van der Waals surface area contributed by atoms with Crippen molar-refractivity contribution in [2.75, 3.05) is 14.2 Å². The predicted octanol–water partition coefficient (Wildman–Crippen LogP) is 7.43. The van der Waals surface area contributed by atoms with Gasteiger partial charge in [0.1, 0.15) is 17.9 Å². The number of hydrogen-bond donors (Lipinski definition) is 2. The summed E-state index contributed by atoms with van der Waals surface area (Å²) < 4.78 is 14.1. The third-order valence-electron chi connectivity index (χ3n) is 7.12. The fourth-order valence-corrected chi connectivity index (χ4v) is 4.70. The Morgan fingerprint density at radius 3 is 1.47 bits per heavy atom. The highest BCUT2D eigenvalue weighted by molar-refractivity contribution is 6.00. The van der Waals surface area contributed by atoms with Gasteiger partial charge in [-0.3, -0.25) is 9.59 Å². The van der Waals surface area contributed by atoms with Crippen molar-refractivity contribution < 1.29 is 29.3 Å². The first kappa shape index (κ1) is 31.2. The maximum Gasteiger partial charge on any atom is 0.274 e. The minimum absolute atomic E-state index is 0.105. The van der Waals surface area contributed by atoms with E-state index in [0.717, 1.165) is 12.8 Å². The third kappa shape index (κ3) is 7.02. The standard InChI is InChI=1S/C31H38N6O6/c1-18(2)11-13-36-24-9-7-20(42-5)15-22(24)28(30(36)40)34-32-26(38)17-27(39)33-35-29-23-16-21(43-6)8-10-25(23)37(31(29)41)14-12-19(3)4/h7-10,15-16,18-19,40-41H,11-14,17H2,1-6H3. The van der Waals surface area contributed by atoms with E-state index in [2.05, 4.69) is 48.2 Å². The summed E-state index contributed by atoms with van der Waals surface area (Å²) >= 11 is 0. The number of aromatic nitrogens is 2. The molecule has 0 aliphatic carbocycles. The van der Waals surface area contributed by atoms with E-state index in [1.54, 1.807) is 33.4 Å². The molecule has 12 nitrogen and oxygen atoms in total. The van der Waals surface area contributed by atoms with Crippen LogP contribution >= 0.6 is 0 Å². The van der Waals surface area contributed by atoms with Gasteiger partial charge in [-0.1, -0.05) is 27.7 Å². The van der Waals surface area contributed by atoms with Crippen molar-refractivity contribution in [1.29, 1.82) is 0 Å². The van der Waals surface area contributed by atoms with Crippen LogP contribution in [0.25, 0.3) is 21.8 Å². The minimum Gasteiger partial charge on any atom is -0.497 e. The highest BCUT2D eigenvalue weighted by Crippen LogP contribution is 2.42. The van der Waals surface area contributed by atoms with E-state index in [0.29, 0.717) is 58.2 Å². The normalized spacial score (nSPS) is 12.1. The molecule has 0 unspecified atom stereocenters. The molecule has 2 aromatic heterocycles. The van der Waals surface area contributed by atoms with Gasteiger partial charge in [-0.2, -0.15) is 0 Å². The summed E-state index contributed by atoms with van der Waals surface area (Å²) in [7, 11) is 3.06. The van der Waals surface area contributed by atoms with E-state index in [4.69, 9.17) is 9.47 Å². The zero-order valence-electron chi connectivity index (χ0n) is 25.4. The summed E-state index contributed by atoms with van der Waals surface area (Å²) in [5, 5.41) is 38.4. The Morgan fingerprint density at radius 2 is 1.12 bits per heavy atom. The van der Waals surface area contributed by atoms with Crippen molar-refractivity contribution in [1.82, 2.24) is 9.13 Å². The first-order valence-electron chi connectivity index (χ1n) is 14.2. The minimum atomic E-state index is -0.862. The molecule has 4 rings (SSSR count). The Hall–Kier alpha value is -4.74. The molecule has 2 N–H and O–H groups in total. The average Bonchev–Trinajstić information content (AvgIpc) is 3.39. The van der Waals surface area contributed by atoms with Crippen LogP contribution in [0, 0.1) is 11.8 Å². The van der Waals surface area contributed by atoms with E-state index in [1.807, 2.05) is 12.1 Å². The van der Waals surface area contributed by atoms with E-state index in [1.165, 1.54) is 14.2 Å². The SMILES string of the molecule is COc1ccc2c(c1)c(N=NC(=O)CC(=O)N=Nc1c(O)n(CCC(C)C)c3ccc(OC)cc13)c(O)n2CCC(C)C. The number of rotatable bonds is 12. The maximum absolute atomic E-state index is 12.6. The molecule has 2 amide bonds. The second-order valence-corrected chi connectivity index (χ2v) is 11.1. The number of aryl methyl sites for hydroxylation is 2. The van der Waals surface area contributed by atoms with Crippen LogP contribution in [0.15, 0.2) is 56.9 Å². The van der Waals surface area contributed by atoms with Gasteiger partial charge in [-0.05, 0) is 61.1 Å². The number of methoxy groups -OCH3 is 2. The quantitative estimate of drug-likeness (QED) is 0.129. The fraction of sp³-hybridized carbons (Fsp3) is 0.419. The molecule has 2 heterocycles. The lowest BCUT2D eigenvalue weighted by Crippen LogP contribution is -2.01. The summed E-state index contributed by atoms with van der Waals surface area (Å²) in [5.41, 5.74) is 1.64. The number of carbonyl (C=O) groups excluding carboxylic acids is 2. The number of amides is 2. The lowest BCUT2D eigenvalue weighted by Gasteiger charge is -2.09. The van der Waals surface area contributed by atoms with Crippen LogP contribution in [0.1, 0.15) is 47.0 Å². The molecule has 0 saturated carbocycles. The lowest BCUT2D eigenvalue weighted by molar-refractivity contribution is -0.126. The van der Waals surface area contributed by atoms with Crippen molar-refractivity contribution in [3.63, 3.8) is 0 Å². The van der Waals surface area contributed by atoms with Crippen LogP contribution in [-0.4, -0.2) is 45.4 Å². The molecule has 2 aromatic carbocycles. The number of fused-ring (bicyclic) bond motifs is 2. The van der Waals surface area contributed by atoms with Gasteiger partial charge < -0.3 is 28.8 Å². The largest absolute Gasteiger partial charge is 0.497 e. The Labute approximate surface area is 249 Å². The van der Waals surface area contributed by atoms with Gasteiger partial charge in [0.25, 0.3) is 11.8 Å². The number of carbonyl (C=O) groups is 2. The number of ether oxygens (including phenoxy) is 2. The number of azo groups is 2. The van der Waals surface area contributed by atoms with E-state index < -0.39 is 18.2 Å². The van der Waals surface area contributed by atoms with Gasteiger partial charge in [0.05, 0.1) is 25.3 Å². The highest BCUT2D eigenvalue weighted by atomic mass is 16.5. The molecule has 0 radical (unpaired) electrons. The topological polar surface area (TPSA) is 152 Å². The van der Waals surface area contributed by atoms with Gasteiger partial charge >= 0.3 is 0 Å². The molecule has 0 aliphatic heterocycles. The lowest BCUT2D eigenvalue weighted by atomic mass is 10.1. The van der Waals surface area contributed by atoms with Gasteiger partial charge in [0.15, 0.2) is 11.4 Å². The monoisotopic (exact) mass is 590 g/mol. The third-order valence-corrected chi connectivity index (χ3v) is 7.12. The van der Waals surface area contributed by atoms with Crippen molar-refractivity contribution in [3.05, 3.63) is 36.4 Å². The average molecular weight is 591 g/mol. The van der Waals surface area contributed by atoms with E-state index >= 15 is 0 Å². The molecule has 0 fully saturated rings. The van der Waals surface area contributed by atoms with Crippen LogP contribution < -0.4 is 9.47 Å². The first-order valence-corrected chi connectivity index (χ1v) is 14.2. The Kier molecular flexibility index (Phi) is 9.79. The number of aromatic hydroxyl groups is 2. The van der Waals surface area contributed by atoms with Crippen LogP contribution in [0.5, 0.6) is 23.3 Å². The predicted molar refractivity (Wildman–Crippen MR) is 163 cm³/mol. The number of nitrogens with zero attached hydrogens (tertiary/aromatic N) is 6. The van der Waals surface area contributed by atoms with Gasteiger partial charge in [-0.25, -0.2) is 0 Å². The summed E-state index contributed by atoms with van der Waals surface area (Å²) in [6.45, 7) is 9.43. The van der Waals surface area contributed by atoms with Gasteiger partial charge in [0.2, 0.25) is 11.8 Å². The Bertz CT molecular complexity index is 1570. The Morgan fingerprint density at radius 1 is 0.721 bits per heavy atom. The van der Waals surface area contributed by atoms with Crippen molar-refractivity contribution in [2.24, 2.45) is 32.3 Å². The van der Waals surface area contributed by atoms with Crippen molar-refractivity contribution in [2.45, 2.75) is 60.0 Å². The van der Waals surface area contributed by atoms with Gasteiger partial charge in [0, 0.05) is 23.9 Å². The molecule has 228 valence electrons. The molecule has 0 atom stereocenters. The van der Waals surface area contributed by atoms with Crippen LogP contribution in [0.3, 0.4) is 0 Å². The highest BCUT2D eigenvalue weighted by Gasteiger charge is 2.20. The molecule has 0 aliphatic rings. The van der Waals surface area contributed by atoms with Crippen LogP contribution in [-0.2, 0) is 22.7 Å². The fourth-order valence-electron chi connectivity index (χ4n) is 4.70. The summed E-state index contributed by atoms with van der Waals surface area (Å²) in [4.78, 5) is 25.2. The second-order valence-electron chi connectivity index (χ2n) is 11.1. The summed E-state index contributed by atoms with van der Waals surface area (Å²) in [6, 6.07) is 10.6. The zero-order valence-corrected chi connectivity index (χ0v) is 25.4. The van der Waals surface area contributed by atoms with Gasteiger partial charge in [-0.15, -0.1) is 20.5 Å². The van der Waals surface area contributed by atoms with Crippen LogP contribution in [0.2, 0.25) is 0 Å². The summed E-state index contributed by atoms with van der Waals surface area (Å²) in [5.74, 6) is -0.0712. The molecule has 0 saturated heterocycles. The van der Waals surface area contributed by atoms with E-state index in [-0.39, 0.29) is 23.1 Å². The molecule has 0 spiro atoms. The molecular weight excluding hydrogens is 552 g/mol. The molecule has 4 aromatic rings. The van der Waals surface area contributed by atoms with Crippen molar-refractivity contribution in [3.8, 4) is 23.3 Å². The van der Waals surface area contributed by atoms with Crippen LogP contribution in [0.4, 0.5) is 11.4 Å². The second kappa shape index (κ2) is 13.5. The Balaban J connectivity index is 1.56. The summed E-state index contributed by atoms with van der Waals surface area (Å²) in [6.07, 6.45) is 0.938.